The van der Waals surface area contributed by atoms with Crippen LogP contribution in [-0.4, -0.2) is 19.1 Å². The summed E-state index contributed by atoms with van der Waals surface area (Å²) in [7, 11) is 0. The average molecular weight is 349 g/mol. The van der Waals surface area contributed by atoms with Gasteiger partial charge in [-0.2, -0.15) is 0 Å². The van der Waals surface area contributed by atoms with E-state index in [-0.39, 0.29) is 36.0 Å². The zero-order valence-electron chi connectivity index (χ0n) is 10.0. The van der Waals surface area contributed by atoms with Gasteiger partial charge in [0.15, 0.2) is 5.96 Å². The molecule has 0 heterocycles. The monoisotopic (exact) mass is 349 g/mol. The van der Waals surface area contributed by atoms with E-state index in [2.05, 4.69) is 17.1 Å². The quantitative estimate of drug-likeness (QED) is 0.357. The number of rotatable bonds is 6. The zero-order chi connectivity index (χ0) is 11.8. The van der Waals surface area contributed by atoms with Crippen LogP contribution in [-0.2, 0) is 4.74 Å². The average Bonchev–Trinajstić information content (AvgIpc) is 2.29. The molecule has 0 amide bonds. The highest BCUT2D eigenvalue weighted by molar-refractivity contribution is 14.0. The van der Waals surface area contributed by atoms with Crippen LogP contribution in [0.3, 0.4) is 0 Å². The molecule has 1 unspecified atom stereocenters. The number of aliphatic imine (C=N–C) groups is 1. The van der Waals surface area contributed by atoms with E-state index in [1.807, 2.05) is 25.1 Å². The number of halogens is 1. The van der Waals surface area contributed by atoms with Gasteiger partial charge in [0.25, 0.3) is 0 Å². The molecule has 0 bridgehead atoms. The lowest BCUT2D eigenvalue weighted by molar-refractivity contribution is 0.0652. The molecule has 17 heavy (non-hydrogen) atoms. The van der Waals surface area contributed by atoms with Gasteiger partial charge in [0.05, 0.1) is 6.10 Å². The highest BCUT2D eigenvalue weighted by Crippen LogP contribution is 2.15. The summed E-state index contributed by atoms with van der Waals surface area (Å²) in [6.45, 7) is 3.31. The highest BCUT2D eigenvalue weighted by Gasteiger charge is 2.03. The van der Waals surface area contributed by atoms with Crippen molar-refractivity contribution >= 4 is 29.9 Å². The Kier molecular flexibility index (Phi) is 8.79. The van der Waals surface area contributed by atoms with Crippen molar-refractivity contribution in [1.82, 2.24) is 0 Å². The predicted molar refractivity (Wildman–Crippen MR) is 81.5 cm³/mol. The summed E-state index contributed by atoms with van der Waals surface area (Å²) in [6, 6.07) is 10.1. The Morgan fingerprint density at radius 1 is 1.29 bits per heavy atom. The third kappa shape index (κ3) is 7.17. The fraction of sp³-hybridized carbons (Fsp3) is 0.417. The second kappa shape index (κ2) is 9.23. The number of nitrogens with two attached hydrogens (primary N) is 2. The van der Waals surface area contributed by atoms with Crippen molar-refractivity contribution in [3.8, 4) is 0 Å². The zero-order valence-corrected chi connectivity index (χ0v) is 12.3. The largest absolute Gasteiger partial charge is 0.374 e. The second-order valence-corrected chi connectivity index (χ2v) is 3.58. The molecule has 0 aliphatic rings. The normalized spacial score (nSPS) is 11.4. The standard InChI is InChI=1S/C12H19N3O.HI/c1-10(11-6-3-2-4-7-11)16-9-5-8-15-12(13)14;/h2-4,6-7,10H,5,8-9H2,1H3,(H4,13,14,15);1H. The van der Waals surface area contributed by atoms with Gasteiger partial charge in [-0.3, -0.25) is 4.99 Å². The van der Waals surface area contributed by atoms with Crippen LogP contribution in [0.15, 0.2) is 35.3 Å². The molecular formula is C12H20IN3O. The maximum absolute atomic E-state index is 5.66. The summed E-state index contributed by atoms with van der Waals surface area (Å²) in [6.07, 6.45) is 0.940. The number of hydrogen-bond acceptors (Lipinski definition) is 2. The molecule has 1 rings (SSSR count). The van der Waals surface area contributed by atoms with Crippen LogP contribution in [0, 0.1) is 0 Å². The molecule has 1 aromatic carbocycles. The lowest BCUT2D eigenvalue weighted by Gasteiger charge is -2.12. The van der Waals surface area contributed by atoms with Crippen molar-refractivity contribution in [3.05, 3.63) is 35.9 Å². The Balaban J connectivity index is 0.00000256. The lowest BCUT2D eigenvalue weighted by atomic mass is 10.1. The summed E-state index contributed by atoms with van der Waals surface area (Å²) in [5.74, 6) is 0.135. The van der Waals surface area contributed by atoms with Crippen LogP contribution in [0.2, 0.25) is 0 Å². The second-order valence-electron chi connectivity index (χ2n) is 3.58. The van der Waals surface area contributed by atoms with Crippen LogP contribution in [0.25, 0.3) is 0 Å². The first kappa shape index (κ1) is 16.2. The number of ether oxygens (including phenoxy) is 1. The number of guanidine groups is 1. The topological polar surface area (TPSA) is 73.6 Å². The molecule has 0 fully saturated rings. The van der Waals surface area contributed by atoms with E-state index in [1.54, 1.807) is 0 Å². The molecule has 5 heteroatoms. The third-order valence-electron chi connectivity index (χ3n) is 2.23. The van der Waals surface area contributed by atoms with Crippen LogP contribution >= 0.6 is 24.0 Å². The van der Waals surface area contributed by atoms with E-state index in [0.717, 1.165) is 6.42 Å². The first-order valence-corrected chi connectivity index (χ1v) is 5.42. The molecular weight excluding hydrogens is 329 g/mol. The van der Waals surface area contributed by atoms with Crippen LogP contribution in [0.5, 0.6) is 0 Å². The molecule has 96 valence electrons. The summed E-state index contributed by atoms with van der Waals surface area (Å²) >= 11 is 0. The van der Waals surface area contributed by atoms with Gasteiger partial charge >= 0.3 is 0 Å². The minimum atomic E-state index is 0. The van der Waals surface area contributed by atoms with Crippen LogP contribution < -0.4 is 11.5 Å². The SMILES string of the molecule is CC(OCCCN=C(N)N)c1ccccc1.I. The first-order valence-electron chi connectivity index (χ1n) is 5.42. The van der Waals surface area contributed by atoms with Crippen LogP contribution in [0.1, 0.15) is 25.0 Å². The van der Waals surface area contributed by atoms with Crippen molar-refractivity contribution in [1.29, 1.82) is 0 Å². The molecule has 0 saturated carbocycles. The summed E-state index contributed by atoms with van der Waals surface area (Å²) in [4.78, 5) is 3.89. The van der Waals surface area contributed by atoms with Crippen molar-refractivity contribution < 1.29 is 4.74 Å². The van der Waals surface area contributed by atoms with E-state index in [9.17, 15) is 0 Å². The predicted octanol–water partition coefficient (Wildman–Crippen LogP) is 2.05. The molecule has 1 atom stereocenters. The molecule has 0 aromatic heterocycles. The maximum atomic E-state index is 5.66. The smallest absolute Gasteiger partial charge is 0.185 e. The van der Waals surface area contributed by atoms with E-state index in [4.69, 9.17) is 16.2 Å². The fourth-order valence-corrected chi connectivity index (χ4v) is 1.35. The highest BCUT2D eigenvalue weighted by atomic mass is 127. The van der Waals surface area contributed by atoms with Gasteiger partial charge in [-0.05, 0) is 18.9 Å². The van der Waals surface area contributed by atoms with Crippen molar-refractivity contribution in [2.45, 2.75) is 19.4 Å². The Morgan fingerprint density at radius 3 is 2.53 bits per heavy atom. The summed E-state index contributed by atoms with van der Waals surface area (Å²) in [5.41, 5.74) is 11.6. The van der Waals surface area contributed by atoms with Gasteiger partial charge in [-0.1, -0.05) is 30.3 Å². The van der Waals surface area contributed by atoms with Crippen molar-refractivity contribution in [3.63, 3.8) is 0 Å². The van der Waals surface area contributed by atoms with Gasteiger partial charge in [0.1, 0.15) is 0 Å². The number of nitrogens with zero attached hydrogens (tertiary/aromatic N) is 1. The molecule has 1 aromatic rings. The Bertz CT molecular complexity index is 326. The van der Waals surface area contributed by atoms with Crippen LogP contribution in [0.4, 0.5) is 0 Å². The fourth-order valence-electron chi connectivity index (χ4n) is 1.35. The van der Waals surface area contributed by atoms with Gasteiger partial charge in [0, 0.05) is 13.2 Å². The molecule has 0 aliphatic carbocycles. The Labute approximate surface area is 119 Å². The minimum Gasteiger partial charge on any atom is -0.374 e. The van der Waals surface area contributed by atoms with Crippen molar-refractivity contribution in [2.75, 3.05) is 13.2 Å². The lowest BCUT2D eigenvalue weighted by Crippen LogP contribution is -2.23. The van der Waals surface area contributed by atoms with Gasteiger partial charge in [-0.25, -0.2) is 0 Å². The minimum absolute atomic E-state index is 0. The van der Waals surface area contributed by atoms with Gasteiger partial charge in [0.2, 0.25) is 0 Å². The molecule has 0 radical (unpaired) electrons. The maximum Gasteiger partial charge on any atom is 0.185 e. The van der Waals surface area contributed by atoms with Gasteiger partial charge < -0.3 is 16.2 Å². The van der Waals surface area contributed by atoms with E-state index in [1.165, 1.54) is 5.56 Å². The molecule has 4 N–H and O–H groups in total. The van der Waals surface area contributed by atoms with E-state index >= 15 is 0 Å². The summed E-state index contributed by atoms with van der Waals surface area (Å²) < 4.78 is 5.66. The molecule has 0 spiro atoms. The van der Waals surface area contributed by atoms with Crippen molar-refractivity contribution in [2.24, 2.45) is 16.5 Å². The summed E-state index contributed by atoms with van der Waals surface area (Å²) in [5, 5.41) is 0. The third-order valence-corrected chi connectivity index (χ3v) is 2.23. The molecule has 0 aliphatic heterocycles. The molecule has 0 saturated heterocycles. The number of benzene rings is 1. The Hall–Kier alpha value is -0.820. The van der Waals surface area contributed by atoms with Gasteiger partial charge in [-0.15, -0.1) is 24.0 Å². The van der Waals surface area contributed by atoms with E-state index < -0.39 is 0 Å². The Morgan fingerprint density at radius 2 is 1.94 bits per heavy atom. The first-order chi connectivity index (χ1) is 7.70. The van der Waals surface area contributed by atoms with E-state index in [0.29, 0.717) is 13.2 Å². The number of hydrogen-bond donors (Lipinski definition) is 2. The molecule has 4 nitrogen and oxygen atoms in total.